The average Bonchev–Trinajstić information content (AvgIpc) is 3.01. The third-order valence-corrected chi connectivity index (χ3v) is 4.92. The molecule has 0 bridgehead atoms. The van der Waals surface area contributed by atoms with Crippen molar-refractivity contribution in [2.45, 2.75) is 32.6 Å². The molecule has 0 saturated carbocycles. The molecular formula is C23H28N4O3. The van der Waals surface area contributed by atoms with E-state index in [0.29, 0.717) is 16.9 Å². The van der Waals surface area contributed by atoms with Crippen molar-refractivity contribution in [2.24, 2.45) is 0 Å². The minimum atomic E-state index is -0.223. The molecule has 0 aliphatic carbocycles. The van der Waals surface area contributed by atoms with Gasteiger partial charge in [0.15, 0.2) is 0 Å². The number of hydrogen-bond acceptors (Lipinski definition) is 4. The summed E-state index contributed by atoms with van der Waals surface area (Å²) in [7, 11) is 0. The van der Waals surface area contributed by atoms with Gasteiger partial charge in [0.2, 0.25) is 11.8 Å². The maximum Gasteiger partial charge on any atom is 0.253 e. The Hall–Kier alpha value is -3.35. The molecule has 1 aliphatic heterocycles. The Kier molecular flexibility index (Phi) is 7.43. The highest BCUT2D eigenvalue weighted by Crippen LogP contribution is 2.17. The predicted octanol–water partition coefficient (Wildman–Crippen LogP) is 3.71. The number of nitrogens with zero attached hydrogens (tertiary/aromatic N) is 1. The Bertz CT molecular complexity index is 905. The van der Waals surface area contributed by atoms with Crippen LogP contribution in [0.2, 0.25) is 0 Å². The Labute approximate surface area is 176 Å². The van der Waals surface area contributed by atoms with Crippen molar-refractivity contribution in [3.63, 3.8) is 0 Å². The zero-order valence-electron chi connectivity index (χ0n) is 17.2. The van der Waals surface area contributed by atoms with Crippen molar-refractivity contribution in [1.82, 2.24) is 4.90 Å². The van der Waals surface area contributed by atoms with Gasteiger partial charge in [-0.25, -0.2) is 0 Å². The highest BCUT2D eigenvalue weighted by molar-refractivity contribution is 5.97. The fourth-order valence-electron chi connectivity index (χ4n) is 3.48. The summed E-state index contributed by atoms with van der Waals surface area (Å²) in [4.78, 5) is 38.2. The molecule has 3 amide bonds. The first-order chi connectivity index (χ1) is 14.5. The molecular weight excluding hydrogens is 380 g/mol. The van der Waals surface area contributed by atoms with Crippen molar-refractivity contribution in [1.29, 1.82) is 0 Å². The minimum Gasteiger partial charge on any atom is -0.376 e. The number of nitrogens with one attached hydrogen (secondary N) is 3. The Morgan fingerprint density at radius 2 is 1.47 bits per heavy atom. The molecule has 2 aromatic rings. The molecule has 0 radical (unpaired) electrons. The molecule has 1 fully saturated rings. The lowest BCUT2D eigenvalue weighted by atomic mass is 10.1. The van der Waals surface area contributed by atoms with Crippen LogP contribution in [0.1, 0.15) is 43.0 Å². The van der Waals surface area contributed by atoms with Gasteiger partial charge in [0.1, 0.15) is 0 Å². The van der Waals surface area contributed by atoms with Crippen LogP contribution in [0, 0.1) is 0 Å². The van der Waals surface area contributed by atoms with Gasteiger partial charge in [-0.1, -0.05) is 25.0 Å². The molecule has 7 heteroatoms. The zero-order valence-corrected chi connectivity index (χ0v) is 17.2. The summed E-state index contributed by atoms with van der Waals surface area (Å²) in [6.07, 6.45) is 4.45. The summed E-state index contributed by atoms with van der Waals surface area (Å²) < 4.78 is 0. The van der Waals surface area contributed by atoms with Crippen LogP contribution >= 0.6 is 0 Å². The summed E-state index contributed by atoms with van der Waals surface area (Å²) in [5.74, 6) is -0.353. The van der Waals surface area contributed by atoms with Crippen LogP contribution in [0.15, 0.2) is 48.5 Å². The monoisotopic (exact) mass is 408 g/mol. The zero-order chi connectivity index (χ0) is 21.3. The minimum absolute atomic E-state index is 0.0415. The smallest absolute Gasteiger partial charge is 0.253 e. The second kappa shape index (κ2) is 10.4. The summed E-state index contributed by atoms with van der Waals surface area (Å²) in [5, 5.41) is 8.55. The SMILES string of the molecule is CC(=O)Nc1cccc(NC(=O)CNc2cccc(C(=O)N3CCCCCC3)c2)c1. The normalized spacial score (nSPS) is 13.8. The molecule has 3 N–H and O–H groups in total. The maximum atomic E-state index is 12.8. The molecule has 0 unspecified atom stereocenters. The number of hydrogen-bond donors (Lipinski definition) is 3. The third kappa shape index (κ3) is 6.34. The van der Waals surface area contributed by atoms with Crippen molar-refractivity contribution in [3.05, 3.63) is 54.1 Å². The van der Waals surface area contributed by atoms with Crippen LogP contribution < -0.4 is 16.0 Å². The van der Waals surface area contributed by atoms with E-state index in [1.807, 2.05) is 23.1 Å². The van der Waals surface area contributed by atoms with Gasteiger partial charge in [-0.3, -0.25) is 14.4 Å². The van der Waals surface area contributed by atoms with E-state index in [0.717, 1.165) is 31.6 Å². The van der Waals surface area contributed by atoms with Gasteiger partial charge in [0, 0.05) is 42.6 Å². The van der Waals surface area contributed by atoms with E-state index < -0.39 is 0 Å². The molecule has 7 nitrogen and oxygen atoms in total. The Morgan fingerprint density at radius 3 is 2.17 bits per heavy atom. The summed E-state index contributed by atoms with van der Waals surface area (Å²) in [5.41, 5.74) is 2.56. The molecule has 1 saturated heterocycles. The topological polar surface area (TPSA) is 90.5 Å². The number of carbonyl (C=O) groups excluding carboxylic acids is 3. The molecule has 2 aromatic carbocycles. The fraction of sp³-hybridized carbons (Fsp3) is 0.348. The Morgan fingerprint density at radius 1 is 0.833 bits per heavy atom. The van der Waals surface area contributed by atoms with Gasteiger partial charge in [0.05, 0.1) is 6.54 Å². The fourth-order valence-corrected chi connectivity index (χ4v) is 3.48. The quantitative estimate of drug-likeness (QED) is 0.680. The van der Waals surface area contributed by atoms with Crippen LogP contribution in [-0.4, -0.2) is 42.3 Å². The molecule has 0 atom stereocenters. The number of anilines is 3. The van der Waals surface area contributed by atoms with Crippen LogP contribution in [0.25, 0.3) is 0 Å². The van der Waals surface area contributed by atoms with E-state index >= 15 is 0 Å². The van der Waals surface area contributed by atoms with Crippen LogP contribution in [0.5, 0.6) is 0 Å². The number of benzene rings is 2. The second-order valence-corrected chi connectivity index (χ2v) is 7.45. The van der Waals surface area contributed by atoms with Crippen LogP contribution in [-0.2, 0) is 9.59 Å². The molecule has 3 rings (SSSR count). The summed E-state index contributed by atoms with van der Waals surface area (Å²) >= 11 is 0. The number of carbonyl (C=O) groups is 3. The molecule has 1 heterocycles. The number of amides is 3. The second-order valence-electron chi connectivity index (χ2n) is 7.45. The Balaban J connectivity index is 1.55. The van der Waals surface area contributed by atoms with E-state index in [-0.39, 0.29) is 24.3 Å². The lowest BCUT2D eigenvalue weighted by Gasteiger charge is -2.20. The standard InChI is InChI=1S/C23H28N4O3/c1-17(28)25-20-10-7-11-21(15-20)26-22(29)16-24-19-9-6-8-18(14-19)23(30)27-12-4-2-3-5-13-27/h6-11,14-15,24H,2-5,12-13,16H2,1H3,(H,25,28)(H,26,29). The van der Waals surface area contributed by atoms with E-state index in [9.17, 15) is 14.4 Å². The van der Waals surface area contributed by atoms with Gasteiger partial charge in [0.25, 0.3) is 5.91 Å². The largest absolute Gasteiger partial charge is 0.376 e. The van der Waals surface area contributed by atoms with E-state index in [1.54, 1.807) is 30.3 Å². The lowest BCUT2D eigenvalue weighted by Crippen LogP contribution is -2.31. The summed E-state index contributed by atoms with van der Waals surface area (Å²) in [6.45, 7) is 3.10. The third-order valence-electron chi connectivity index (χ3n) is 4.92. The van der Waals surface area contributed by atoms with E-state index in [4.69, 9.17) is 0 Å². The first-order valence-corrected chi connectivity index (χ1v) is 10.3. The van der Waals surface area contributed by atoms with Crippen LogP contribution in [0.4, 0.5) is 17.1 Å². The maximum absolute atomic E-state index is 12.8. The van der Waals surface area contributed by atoms with Crippen LogP contribution in [0.3, 0.4) is 0 Å². The number of likely N-dealkylation sites (tertiary alicyclic amines) is 1. The number of rotatable bonds is 6. The van der Waals surface area contributed by atoms with Crippen molar-refractivity contribution in [3.8, 4) is 0 Å². The predicted molar refractivity (Wildman–Crippen MR) is 119 cm³/mol. The molecule has 1 aliphatic rings. The van der Waals surface area contributed by atoms with Crippen molar-refractivity contribution >= 4 is 34.8 Å². The van der Waals surface area contributed by atoms with Gasteiger partial charge in [-0.2, -0.15) is 0 Å². The van der Waals surface area contributed by atoms with E-state index in [2.05, 4.69) is 16.0 Å². The van der Waals surface area contributed by atoms with Gasteiger partial charge >= 0.3 is 0 Å². The first kappa shape index (κ1) is 21.4. The van der Waals surface area contributed by atoms with Gasteiger partial charge in [-0.05, 0) is 49.2 Å². The van der Waals surface area contributed by atoms with Gasteiger partial charge in [-0.15, -0.1) is 0 Å². The highest BCUT2D eigenvalue weighted by Gasteiger charge is 2.17. The highest BCUT2D eigenvalue weighted by atomic mass is 16.2. The molecule has 0 aromatic heterocycles. The molecule has 158 valence electrons. The average molecular weight is 409 g/mol. The lowest BCUT2D eigenvalue weighted by molar-refractivity contribution is -0.115. The molecule has 30 heavy (non-hydrogen) atoms. The van der Waals surface area contributed by atoms with E-state index in [1.165, 1.54) is 19.8 Å². The van der Waals surface area contributed by atoms with Crippen molar-refractivity contribution < 1.29 is 14.4 Å². The van der Waals surface area contributed by atoms with Crippen molar-refractivity contribution in [2.75, 3.05) is 35.6 Å². The molecule has 0 spiro atoms. The summed E-state index contributed by atoms with van der Waals surface area (Å²) in [6, 6.07) is 14.2. The first-order valence-electron chi connectivity index (χ1n) is 10.3. The van der Waals surface area contributed by atoms with Gasteiger partial charge < -0.3 is 20.9 Å².